The number of carbonyl (C=O) groups is 1. The van der Waals surface area contributed by atoms with Gasteiger partial charge in [-0.3, -0.25) is 14.9 Å². The lowest BCUT2D eigenvalue weighted by atomic mass is 10.2. The van der Waals surface area contributed by atoms with Gasteiger partial charge in [0.05, 0.1) is 21.1 Å². The first kappa shape index (κ1) is 20.8. The lowest BCUT2D eigenvalue weighted by Crippen LogP contribution is -2.13. The number of aromatic nitrogens is 3. The molecule has 0 aliphatic rings. The number of nitrogens with one attached hydrogen (secondary N) is 1. The molecule has 0 unspecified atom stereocenters. The number of ether oxygens (including phenoxy) is 1. The van der Waals surface area contributed by atoms with Crippen LogP contribution in [0.3, 0.4) is 0 Å². The van der Waals surface area contributed by atoms with Gasteiger partial charge in [0.25, 0.3) is 11.6 Å². The van der Waals surface area contributed by atoms with Crippen molar-refractivity contribution in [3.63, 3.8) is 0 Å². The van der Waals surface area contributed by atoms with Gasteiger partial charge < -0.3 is 10.1 Å². The molecule has 9 nitrogen and oxygen atoms in total. The van der Waals surface area contributed by atoms with Crippen LogP contribution in [0.2, 0.25) is 5.02 Å². The fraction of sp³-hybridized carbons (Fsp3) is 0.0500. The predicted molar refractivity (Wildman–Crippen MR) is 118 cm³/mol. The quantitative estimate of drug-likeness (QED) is 0.289. The third kappa shape index (κ3) is 4.35. The fourth-order valence-electron chi connectivity index (χ4n) is 2.87. The number of non-ortho nitro benzene ring substituents is 1. The standard InChI is InChI=1S/C20H13BrClN5O4/c1-11-7-12(22)3-4-16(11)31-15-9-13(8-14(10-15)27(29)30)24-20(28)18-17(21)19-23-5-2-6-26(19)25-18/h2-10H,1H3,(H,24,28). The van der Waals surface area contributed by atoms with Gasteiger partial charge in [0.1, 0.15) is 11.5 Å². The van der Waals surface area contributed by atoms with E-state index in [1.54, 1.807) is 43.6 Å². The minimum Gasteiger partial charge on any atom is -0.457 e. The summed E-state index contributed by atoms with van der Waals surface area (Å²) in [4.78, 5) is 27.8. The molecule has 2 aromatic heterocycles. The zero-order chi connectivity index (χ0) is 22.1. The molecule has 0 fully saturated rings. The van der Waals surface area contributed by atoms with Gasteiger partial charge >= 0.3 is 0 Å². The van der Waals surface area contributed by atoms with Crippen molar-refractivity contribution in [2.24, 2.45) is 0 Å². The van der Waals surface area contributed by atoms with Crippen LogP contribution in [0.4, 0.5) is 11.4 Å². The van der Waals surface area contributed by atoms with Crippen LogP contribution in [-0.2, 0) is 0 Å². The normalized spacial score (nSPS) is 10.8. The van der Waals surface area contributed by atoms with Crippen molar-refractivity contribution in [2.75, 3.05) is 5.32 Å². The van der Waals surface area contributed by atoms with Crippen molar-refractivity contribution in [3.05, 3.63) is 85.7 Å². The first-order valence-corrected chi connectivity index (χ1v) is 10.0. The van der Waals surface area contributed by atoms with Crippen molar-refractivity contribution < 1.29 is 14.5 Å². The zero-order valence-corrected chi connectivity index (χ0v) is 18.2. The van der Waals surface area contributed by atoms with Gasteiger partial charge in [-0.2, -0.15) is 5.10 Å². The molecule has 0 bridgehead atoms. The van der Waals surface area contributed by atoms with Gasteiger partial charge in [0.2, 0.25) is 0 Å². The largest absolute Gasteiger partial charge is 0.457 e. The highest BCUT2D eigenvalue weighted by Gasteiger charge is 2.20. The maximum absolute atomic E-state index is 12.8. The molecular weight excluding hydrogens is 490 g/mol. The van der Waals surface area contributed by atoms with Crippen LogP contribution >= 0.6 is 27.5 Å². The molecule has 0 saturated carbocycles. The number of nitrogens with zero attached hydrogens (tertiary/aromatic N) is 4. The van der Waals surface area contributed by atoms with E-state index >= 15 is 0 Å². The molecule has 0 spiro atoms. The number of halogens is 2. The van der Waals surface area contributed by atoms with E-state index in [4.69, 9.17) is 16.3 Å². The van der Waals surface area contributed by atoms with Gasteiger partial charge in [0.15, 0.2) is 11.3 Å². The Kier molecular flexibility index (Phi) is 5.57. The molecule has 2 heterocycles. The second-order valence-corrected chi connectivity index (χ2v) is 7.72. The van der Waals surface area contributed by atoms with E-state index in [1.165, 1.54) is 22.7 Å². The van der Waals surface area contributed by atoms with Crippen LogP contribution in [0.25, 0.3) is 5.65 Å². The number of rotatable bonds is 5. The highest BCUT2D eigenvalue weighted by molar-refractivity contribution is 9.10. The molecule has 0 aliphatic carbocycles. The van der Waals surface area contributed by atoms with Crippen LogP contribution in [0.1, 0.15) is 16.1 Å². The summed E-state index contributed by atoms with van der Waals surface area (Å²) in [6, 6.07) is 10.7. The third-order valence-electron chi connectivity index (χ3n) is 4.28. The Hall–Kier alpha value is -3.50. The molecule has 0 atom stereocenters. The van der Waals surface area contributed by atoms with E-state index < -0.39 is 10.8 Å². The van der Waals surface area contributed by atoms with Gasteiger partial charge in [-0.05, 0) is 52.7 Å². The van der Waals surface area contributed by atoms with E-state index in [-0.39, 0.29) is 22.8 Å². The molecule has 1 amide bonds. The smallest absolute Gasteiger partial charge is 0.277 e. The number of fused-ring (bicyclic) bond motifs is 1. The number of nitro benzene ring substituents is 1. The Labute approximate surface area is 188 Å². The highest BCUT2D eigenvalue weighted by atomic mass is 79.9. The zero-order valence-electron chi connectivity index (χ0n) is 15.9. The number of hydrogen-bond acceptors (Lipinski definition) is 6. The molecule has 4 aromatic rings. The Balaban J connectivity index is 1.66. The monoisotopic (exact) mass is 501 g/mol. The molecule has 4 rings (SSSR count). The first-order valence-electron chi connectivity index (χ1n) is 8.85. The summed E-state index contributed by atoms with van der Waals surface area (Å²) in [6.45, 7) is 1.80. The fourth-order valence-corrected chi connectivity index (χ4v) is 3.64. The minimum atomic E-state index is -0.567. The molecule has 0 radical (unpaired) electrons. The van der Waals surface area contributed by atoms with Crippen molar-refractivity contribution in [1.82, 2.24) is 14.6 Å². The average Bonchev–Trinajstić information content (AvgIpc) is 3.07. The lowest BCUT2D eigenvalue weighted by molar-refractivity contribution is -0.384. The lowest BCUT2D eigenvalue weighted by Gasteiger charge is -2.11. The summed E-state index contributed by atoms with van der Waals surface area (Å²) in [7, 11) is 0. The molecule has 11 heteroatoms. The molecular formula is C20H13BrClN5O4. The van der Waals surface area contributed by atoms with Gasteiger partial charge in [0, 0.05) is 29.5 Å². The van der Waals surface area contributed by atoms with E-state index in [9.17, 15) is 14.9 Å². The predicted octanol–water partition coefficient (Wildman–Crippen LogP) is 5.41. The van der Waals surface area contributed by atoms with E-state index in [0.29, 0.717) is 20.9 Å². The minimum absolute atomic E-state index is 0.0845. The molecule has 1 N–H and O–H groups in total. The molecule has 156 valence electrons. The highest BCUT2D eigenvalue weighted by Crippen LogP contribution is 2.32. The van der Waals surface area contributed by atoms with Crippen molar-refractivity contribution >= 4 is 50.5 Å². The van der Waals surface area contributed by atoms with E-state index in [1.807, 2.05) is 0 Å². The SMILES string of the molecule is Cc1cc(Cl)ccc1Oc1cc(NC(=O)c2nn3cccnc3c2Br)cc([N+](=O)[O-])c1. The van der Waals surface area contributed by atoms with Crippen LogP contribution in [-0.4, -0.2) is 25.4 Å². The number of benzene rings is 2. The topological polar surface area (TPSA) is 112 Å². The third-order valence-corrected chi connectivity index (χ3v) is 5.24. The Morgan fingerprint density at radius 1 is 1.29 bits per heavy atom. The van der Waals surface area contributed by atoms with Crippen LogP contribution in [0.15, 0.2) is 59.3 Å². The molecule has 2 aromatic carbocycles. The second-order valence-electron chi connectivity index (χ2n) is 6.49. The van der Waals surface area contributed by atoms with E-state index in [0.717, 1.165) is 5.56 Å². The molecule has 0 aliphatic heterocycles. The summed E-state index contributed by atoms with van der Waals surface area (Å²) in [6.07, 6.45) is 3.23. The van der Waals surface area contributed by atoms with Crippen molar-refractivity contribution in [3.8, 4) is 11.5 Å². The number of aryl methyl sites for hydroxylation is 1. The summed E-state index contributed by atoms with van der Waals surface area (Å²) < 4.78 is 7.66. The summed E-state index contributed by atoms with van der Waals surface area (Å²) in [5, 5.41) is 18.8. The second kappa shape index (κ2) is 8.32. The first-order chi connectivity index (χ1) is 14.8. The summed E-state index contributed by atoms with van der Waals surface area (Å²) in [5.41, 5.74) is 1.24. The number of hydrogen-bond donors (Lipinski definition) is 1. The Morgan fingerprint density at radius 3 is 2.81 bits per heavy atom. The van der Waals surface area contributed by atoms with Crippen molar-refractivity contribution in [2.45, 2.75) is 6.92 Å². The van der Waals surface area contributed by atoms with Gasteiger partial charge in [-0.15, -0.1) is 0 Å². The summed E-state index contributed by atoms with van der Waals surface area (Å²) >= 11 is 9.29. The molecule has 31 heavy (non-hydrogen) atoms. The van der Waals surface area contributed by atoms with Gasteiger partial charge in [-0.25, -0.2) is 9.50 Å². The number of amides is 1. The summed E-state index contributed by atoms with van der Waals surface area (Å²) in [5.74, 6) is 0.105. The average molecular weight is 503 g/mol. The Bertz CT molecular complexity index is 1340. The number of carbonyl (C=O) groups excluding carboxylic acids is 1. The van der Waals surface area contributed by atoms with Crippen LogP contribution in [0, 0.1) is 17.0 Å². The Morgan fingerprint density at radius 2 is 2.10 bits per heavy atom. The van der Waals surface area contributed by atoms with Crippen LogP contribution in [0.5, 0.6) is 11.5 Å². The maximum Gasteiger partial charge on any atom is 0.277 e. The molecule has 0 saturated heterocycles. The number of nitro groups is 1. The van der Waals surface area contributed by atoms with Crippen LogP contribution < -0.4 is 10.1 Å². The number of anilines is 1. The maximum atomic E-state index is 12.8. The van der Waals surface area contributed by atoms with Crippen molar-refractivity contribution in [1.29, 1.82) is 0 Å². The van der Waals surface area contributed by atoms with Gasteiger partial charge in [-0.1, -0.05) is 11.6 Å². The van der Waals surface area contributed by atoms with E-state index in [2.05, 4.69) is 31.3 Å².